The first-order chi connectivity index (χ1) is 12.4. The Labute approximate surface area is 150 Å². The number of allylic oxidation sites excluding steroid dienone is 1. The molecule has 26 heavy (non-hydrogen) atoms. The maximum absolute atomic E-state index is 13.2. The van der Waals surface area contributed by atoms with Crippen LogP contribution in [0.25, 0.3) is 11.6 Å². The third kappa shape index (κ3) is 2.48. The Kier molecular flexibility index (Phi) is 3.79. The van der Waals surface area contributed by atoms with E-state index >= 15 is 0 Å². The van der Waals surface area contributed by atoms with Crippen molar-refractivity contribution >= 4 is 23.0 Å². The number of aliphatic imine (C=N–C) groups is 1. The van der Waals surface area contributed by atoms with Gasteiger partial charge >= 0.3 is 0 Å². The molecule has 0 bridgehead atoms. The topological polar surface area (TPSA) is 51.0 Å². The van der Waals surface area contributed by atoms with Gasteiger partial charge in [0.25, 0.3) is 0 Å². The quantitative estimate of drug-likeness (QED) is 0.813. The van der Waals surface area contributed by atoms with Gasteiger partial charge in [0.05, 0.1) is 28.2 Å². The maximum atomic E-state index is 13.2. The fourth-order valence-electron chi connectivity index (χ4n) is 3.59. The summed E-state index contributed by atoms with van der Waals surface area (Å²) in [5.41, 5.74) is 4.65. The third-order valence-electron chi connectivity index (χ3n) is 5.18. The molecule has 4 nitrogen and oxygen atoms in total. The predicted molar refractivity (Wildman–Crippen MR) is 97.9 cm³/mol. The zero-order chi connectivity index (χ0) is 18.5. The number of fused-ring (bicyclic) bond motifs is 2. The van der Waals surface area contributed by atoms with Crippen molar-refractivity contribution in [1.82, 2.24) is 15.0 Å². The molecule has 132 valence electrons. The first-order valence-electron chi connectivity index (χ1n) is 8.47. The van der Waals surface area contributed by atoms with Crippen molar-refractivity contribution in [3.63, 3.8) is 0 Å². The molecule has 1 unspecified atom stereocenters. The predicted octanol–water partition coefficient (Wildman–Crippen LogP) is 4.52. The largest absolute Gasteiger partial charge is 0.255 e. The zero-order valence-corrected chi connectivity index (χ0v) is 14.6. The van der Waals surface area contributed by atoms with Crippen LogP contribution in [0.15, 0.2) is 36.0 Å². The van der Waals surface area contributed by atoms with Crippen LogP contribution >= 0.6 is 0 Å². The van der Waals surface area contributed by atoms with Gasteiger partial charge in [-0.1, -0.05) is 12.7 Å². The van der Waals surface area contributed by atoms with Crippen molar-refractivity contribution in [3.8, 4) is 0 Å². The monoisotopic (exact) mass is 352 g/mol. The van der Waals surface area contributed by atoms with E-state index in [4.69, 9.17) is 4.98 Å². The fourth-order valence-corrected chi connectivity index (χ4v) is 3.59. The second-order valence-corrected chi connectivity index (χ2v) is 6.80. The Balaban J connectivity index is 1.76. The van der Waals surface area contributed by atoms with Gasteiger partial charge in [-0.2, -0.15) is 0 Å². The maximum Gasteiger partial charge on any atom is 0.239 e. The van der Waals surface area contributed by atoms with Crippen molar-refractivity contribution in [2.75, 3.05) is 0 Å². The van der Waals surface area contributed by atoms with E-state index in [1.807, 2.05) is 18.2 Å². The Morgan fingerprint density at radius 3 is 2.85 bits per heavy atom. The first-order valence-corrected chi connectivity index (χ1v) is 8.47. The number of aromatic nitrogens is 3. The molecule has 0 amide bonds. The molecule has 6 heteroatoms. The van der Waals surface area contributed by atoms with Gasteiger partial charge in [0.1, 0.15) is 0 Å². The zero-order valence-electron chi connectivity index (χ0n) is 14.6. The van der Waals surface area contributed by atoms with E-state index in [0.29, 0.717) is 29.3 Å². The highest BCUT2D eigenvalue weighted by Crippen LogP contribution is 2.43. The Morgan fingerprint density at radius 2 is 2.12 bits per heavy atom. The van der Waals surface area contributed by atoms with E-state index in [1.165, 1.54) is 0 Å². The fraction of sp³-hybridized carbons (Fsp3) is 0.300. The summed E-state index contributed by atoms with van der Waals surface area (Å²) < 4.78 is 26.3. The van der Waals surface area contributed by atoms with Crippen LogP contribution in [0.2, 0.25) is 0 Å². The van der Waals surface area contributed by atoms with Gasteiger partial charge in [-0.25, -0.2) is 23.7 Å². The Morgan fingerprint density at radius 1 is 1.31 bits per heavy atom. The minimum atomic E-state index is -2.42. The van der Waals surface area contributed by atoms with Crippen LogP contribution in [0.1, 0.15) is 48.7 Å². The molecule has 0 saturated carbocycles. The number of hydrogen-bond acceptors (Lipinski definition) is 4. The number of halogens is 2. The summed E-state index contributed by atoms with van der Waals surface area (Å²) in [5.74, 6) is 0.592. The molecule has 0 spiro atoms. The molecule has 0 N–H and O–H groups in total. The summed E-state index contributed by atoms with van der Waals surface area (Å²) in [6.45, 7) is 7.27. The lowest BCUT2D eigenvalue weighted by Crippen LogP contribution is -2.31. The van der Waals surface area contributed by atoms with Gasteiger partial charge in [0.2, 0.25) is 6.43 Å². The van der Waals surface area contributed by atoms with E-state index < -0.39 is 11.8 Å². The van der Waals surface area contributed by atoms with Crippen LogP contribution in [0.5, 0.6) is 0 Å². The van der Waals surface area contributed by atoms with Gasteiger partial charge < -0.3 is 0 Å². The van der Waals surface area contributed by atoms with E-state index in [-0.39, 0.29) is 6.42 Å². The van der Waals surface area contributed by atoms with Crippen molar-refractivity contribution in [2.45, 2.75) is 38.5 Å². The normalized spacial score (nSPS) is 20.7. The molecule has 1 aliphatic carbocycles. The number of nitrogens with zero attached hydrogens (tertiary/aromatic N) is 4. The van der Waals surface area contributed by atoms with Crippen LogP contribution in [-0.4, -0.2) is 27.1 Å². The second-order valence-electron chi connectivity index (χ2n) is 6.80. The molecule has 0 saturated heterocycles. The molecule has 2 aromatic heterocycles. The van der Waals surface area contributed by atoms with Crippen LogP contribution in [0.3, 0.4) is 0 Å². The summed E-state index contributed by atoms with van der Waals surface area (Å²) in [6, 6.07) is 3.74. The minimum absolute atomic E-state index is 0.284. The van der Waals surface area contributed by atoms with Crippen LogP contribution < -0.4 is 0 Å². The van der Waals surface area contributed by atoms with Gasteiger partial charge in [0.15, 0.2) is 5.82 Å². The SMILES string of the molecule is C=Cc1ncc2c(n1)CC=C2c1ccc2c(n1)C(C)(CC(F)F)C(C)=N2. The highest BCUT2D eigenvalue weighted by Gasteiger charge is 2.41. The lowest BCUT2D eigenvalue weighted by molar-refractivity contribution is 0.121. The van der Waals surface area contributed by atoms with Gasteiger partial charge in [0, 0.05) is 35.9 Å². The lowest BCUT2D eigenvalue weighted by atomic mass is 9.80. The molecule has 0 fully saturated rings. The molecule has 1 aliphatic heterocycles. The average molecular weight is 352 g/mol. The van der Waals surface area contributed by atoms with Gasteiger partial charge in [-0.15, -0.1) is 0 Å². The summed E-state index contributed by atoms with van der Waals surface area (Å²) in [7, 11) is 0. The molecular weight excluding hydrogens is 334 g/mol. The van der Waals surface area contributed by atoms with Gasteiger partial charge in [-0.3, -0.25) is 4.99 Å². The number of hydrogen-bond donors (Lipinski definition) is 0. The van der Waals surface area contributed by atoms with Crippen molar-refractivity contribution < 1.29 is 8.78 Å². The molecule has 0 radical (unpaired) electrons. The van der Waals surface area contributed by atoms with Crippen LogP contribution in [0, 0.1) is 0 Å². The van der Waals surface area contributed by atoms with E-state index in [0.717, 1.165) is 22.5 Å². The van der Waals surface area contributed by atoms with Crippen LogP contribution in [-0.2, 0) is 11.8 Å². The summed E-state index contributed by atoms with van der Waals surface area (Å²) in [4.78, 5) is 17.9. The summed E-state index contributed by atoms with van der Waals surface area (Å²) in [6.07, 6.45) is 3.42. The average Bonchev–Trinajstić information content (AvgIpc) is 3.13. The first kappa shape index (κ1) is 16.7. The Bertz CT molecular complexity index is 978. The van der Waals surface area contributed by atoms with E-state index in [9.17, 15) is 8.78 Å². The highest BCUT2D eigenvalue weighted by molar-refractivity contribution is 5.99. The molecule has 0 aromatic carbocycles. The molecule has 2 aliphatic rings. The third-order valence-corrected chi connectivity index (χ3v) is 5.18. The Hall–Kier alpha value is -2.76. The number of rotatable bonds is 4. The highest BCUT2D eigenvalue weighted by atomic mass is 19.3. The molecule has 3 heterocycles. The molecule has 1 atom stereocenters. The summed E-state index contributed by atoms with van der Waals surface area (Å²) >= 11 is 0. The smallest absolute Gasteiger partial charge is 0.239 e. The minimum Gasteiger partial charge on any atom is -0.255 e. The van der Waals surface area contributed by atoms with E-state index in [1.54, 1.807) is 26.1 Å². The molecule has 2 aromatic rings. The van der Waals surface area contributed by atoms with Crippen molar-refractivity contribution in [2.24, 2.45) is 4.99 Å². The second kappa shape index (κ2) is 5.90. The van der Waals surface area contributed by atoms with Gasteiger partial charge in [-0.05, 0) is 32.1 Å². The van der Waals surface area contributed by atoms with Crippen molar-refractivity contribution in [1.29, 1.82) is 0 Å². The number of alkyl halides is 2. The summed E-state index contributed by atoms with van der Waals surface area (Å²) in [5, 5.41) is 0. The standard InChI is InChI=1S/C20H18F2N4/c1-4-18-23-10-13-12(5-6-15(13)25-18)14-7-8-16-19(26-14)20(3,9-17(21)22)11(2)24-16/h4-5,7-8,10,17H,1,6,9H2,2-3H3. The number of pyridine rings is 1. The molecular formula is C20H18F2N4. The lowest BCUT2D eigenvalue weighted by Gasteiger charge is -2.25. The van der Waals surface area contributed by atoms with Crippen LogP contribution in [0.4, 0.5) is 14.5 Å². The van der Waals surface area contributed by atoms with E-state index in [2.05, 4.69) is 21.5 Å². The van der Waals surface area contributed by atoms with Crippen molar-refractivity contribution in [3.05, 3.63) is 59.5 Å². The molecule has 4 rings (SSSR count).